The van der Waals surface area contributed by atoms with Gasteiger partial charge in [-0.15, -0.1) is 0 Å². The van der Waals surface area contributed by atoms with Crippen LogP contribution in [-0.4, -0.2) is 22.4 Å². The molecule has 1 aromatic heterocycles. The summed E-state index contributed by atoms with van der Waals surface area (Å²) in [6.45, 7) is 2.07. The third-order valence-corrected chi connectivity index (χ3v) is 3.06. The van der Waals surface area contributed by atoms with Gasteiger partial charge in [0.25, 0.3) is 0 Å². The van der Waals surface area contributed by atoms with E-state index in [-0.39, 0.29) is 5.69 Å². The molecule has 6 heteroatoms. The summed E-state index contributed by atoms with van der Waals surface area (Å²) < 4.78 is 7.09. The van der Waals surface area contributed by atoms with E-state index < -0.39 is 5.97 Å². The molecule has 0 unspecified atom stereocenters. The minimum atomic E-state index is -0.447. The fraction of sp³-hybridized carbons (Fsp3) is 0.167. The Labute approximate surface area is 118 Å². The number of benzene rings is 1. The average Bonchev–Trinajstić information content (AvgIpc) is 2.72. The van der Waals surface area contributed by atoms with E-state index in [0.717, 1.165) is 5.69 Å². The van der Waals surface area contributed by atoms with Gasteiger partial charge in [-0.2, -0.15) is 5.10 Å². The molecule has 0 radical (unpaired) electrons. The maximum atomic E-state index is 11.6. The van der Waals surface area contributed by atoms with Crippen molar-refractivity contribution in [1.29, 1.82) is 0 Å². The molecule has 1 heterocycles. The number of rotatable bonds is 3. The zero-order chi connectivity index (χ0) is 13.1. The smallest absolute Gasteiger partial charge is 0.360 e. The first-order valence-electron chi connectivity index (χ1n) is 5.30. The molecule has 0 saturated heterocycles. The second-order valence-corrected chi connectivity index (χ2v) is 4.76. The third-order valence-electron chi connectivity index (χ3n) is 2.23. The molecule has 1 aromatic carbocycles. The van der Waals surface area contributed by atoms with Crippen LogP contribution in [0, 0.1) is 0 Å². The predicted octanol–water partition coefficient (Wildman–Crippen LogP) is 3.46. The minimum Gasteiger partial charge on any atom is -0.461 e. The van der Waals surface area contributed by atoms with E-state index in [9.17, 15) is 4.79 Å². The number of nitrogens with zero attached hydrogens (tertiary/aromatic N) is 2. The number of carbonyl (C=O) groups is 1. The highest BCUT2D eigenvalue weighted by atomic mass is 79.9. The van der Waals surface area contributed by atoms with Gasteiger partial charge < -0.3 is 4.74 Å². The molecule has 0 aliphatic rings. The van der Waals surface area contributed by atoms with Gasteiger partial charge in [0.1, 0.15) is 0 Å². The topological polar surface area (TPSA) is 44.1 Å². The molecule has 0 amide bonds. The SMILES string of the molecule is CCOC(=O)c1nn(-c2ccc(Cl)cc2)cc1Br. The first kappa shape index (κ1) is 13.1. The fourth-order valence-corrected chi connectivity index (χ4v) is 1.98. The zero-order valence-electron chi connectivity index (χ0n) is 9.56. The van der Waals surface area contributed by atoms with E-state index in [4.69, 9.17) is 16.3 Å². The van der Waals surface area contributed by atoms with Gasteiger partial charge >= 0.3 is 5.97 Å². The van der Waals surface area contributed by atoms with E-state index >= 15 is 0 Å². The molecule has 0 aliphatic heterocycles. The van der Waals surface area contributed by atoms with Gasteiger partial charge in [0.2, 0.25) is 0 Å². The Morgan fingerprint density at radius 3 is 2.72 bits per heavy atom. The van der Waals surface area contributed by atoms with Gasteiger partial charge in [0, 0.05) is 11.2 Å². The normalized spacial score (nSPS) is 10.4. The van der Waals surface area contributed by atoms with Gasteiger partial charge in [0.15, 0.2) is 5.69 Å². The second kappa shape index (κ2) is 5.54. The van der Waals surface area contributed by atoms with Crippen LogP contribution in [0.2, 0.25) is 5.02 Å². The molecule has 18 heavy (non-hydrogen) atoms. The molecule has 4 nitrogen and oxygen atoms in total. The van der Waals surface area contributed by atoms with E-state index in [2.05, 4.69) is 21.0 Å². The maximum absolute atomic E-state index is 11.6. The number of aromatic nitrogens is 2. The van der Waals surface area contributed by atoms with Gasteiger partial charge in [-0.3, -0.25) is 0 Å². The Hall–Kier alpha value is -1.33. The van der Waals surface area contributed by atoms with Crippen LogP contribution in [-0.2, 0) is 4.74 Å². The van der Waals surface area contributed by atoms with E-state index in [1.54, 1.807) is 29.9 Å². The van der Waals surface area contributed by atoms with Gasteiger partial charge in [-0.1, -0.05) is 11.6 Å². The molecule has 2 aromatic rings. The monoisotopic (exact) mass is 328 g/mol. The van der Waals surface area contributed by atoms with Crippen molar-refractivity contribution in [1.82, 2.24) is 9.78 Å². The Kier molecular flexibility index (Phi) is 4.04. The summed E-state index contributed by atoms with van der Waals surface area (Å²) in [6, 6.07) is 7.15. The molecule has 0 atom stereocenters. The number of halogens is 2. The van der Waals surface area contributed by atoms with Crippen LogP contribution in [0.4, 0.5) is 0 Å². The maximum Gasteiger partial charge on any atom is 0.360 e. The largest absolute Gasteiger partial charge is 0.461 e. The lowest BCUT2D eigenvalue weighted by atomic mass is 10.3. The van der Waals surface area contributed by atoms with Crippen LogP contribution in [0.3, 0.4) is 0 Å². The Balaban J connectivity index is 2.34. The zero-order valence-corrected chi connectivity index (χ0v) is 11.9. The van der Waals surface area contributed by atoms with E-state index in [1.165, 1.54) is 0 Å². The standard InChI is InChI=1S/C12H10BrClN2O2/c1-2-18-12(17)11-10(13)7-16(15-11)9-5-3-8(14)4-6-9/h3-7H,2H2,1H3. The lowest BCUT2D eigenvalue weighted by Gasteiger charge is -2.00. The Morgan fingerprint density at radius 2 is 2.11 bits per heavy atom. The van der Waals surface area contributed by atoms with Crippen molar-refractivity contribution in [3.63, 3.8) is 0 Å². The predicted molar refractivity (Wildman–Crippen MR) is 72.2 cm³/mol. The number of hydrogen-bond acceptors (Lipinski definition) is 3. The summed E-state index contributed by atoms with van der Waals surface area (Å²) in [5, 5.41) is 4.83. The third kappa shape index (κ3) is 2.73. The van der Waals surface area contributed by atoms with Crippen LogP contribution in [0.5, 0.6) is 0 Å². The van der Waals surface area contributed by atoms with Crippen molar-refractivity contribution in [2.75, 3.05) is 6.61 Å². The fourth-order valence-electron chi connectivity index (χ4n) is 1.42. The van der Waals surface area contributed by atoms with Crippen LogP contribution in [0.15, 0.2) is 34.9 Å². The average molecular weight is 330 g/mol. The summed E-state index contributed by atoms with van der Waals surface area (Å²) in [5.74, 6) is -0.447. The molecular formula is C12H10BrClN2O2. The number of esters is 1. The first-order chi connectivity index (χ1) is 8.61. The van der Waals surface area contributed by atoms with E-state index in [0.29, 0.717) is 16.1 Å². The second-order valence-electron chi connectivity index (χ2n) is 3.47. The molecule has 0 saturated carbocycles. The molecule has 0 bridgehead atoms. The van der Waals surface area contributed by atoms with Gasteiger partial charge in [-0.25, -0.2) is 9.48 Å². The van der Waals surface area contributed by atoms with Gasteiger partial charge in [-0.05, 0) is 47.1 Å². The van der Waals surface area contributed by atoms with Crippen LogP contribution in [0.25, 0.3) is 5.69 Å². The molecule has 0 N–H and O–H groups in total. The lowest BCUT2D eigenvalue weighted by molar-refractivity contribution is 0.0518. The summed E-state index contributed by atoms with van der Waals surface area (Å²) in [4.78, 5) is 11.6. The first-order valence-corrected chi connectivity index (χ1v) is 6.47. The Bertz CT molecular complexity index is 566. The number of hydrogen-bond donors (Lipinski definition) is 0. The molecule has 0 fully saturated rings. The van der Waals surface area contributed by atoms with Crippen molar-refractivity contribution < 1.29 is 9.53 Å². The Morgan fingerprint density at radius 1 is 1.44 bits per heavy atom. The van der Waals surface area contributed by atoms with Crippen molar-refractivity contribution in [3.8, 4) is 5.69 Å². The quantitative estimate of drug-likeness (QED) is 0.810. The molecule has 0 aliphatic carbocycles. The van der Waals surface area contributed by atoms with Crippen molar-refractivity contribution >= 4 is 33.5 Å². The highest BCUT2D eigenvalue weighted by molar-refractivity contribution is 9.10. The highest BCUT2D eigenvalue weighted by Crippen LogP contribution is 2.20. The molecule has 0 spiro atoms. The van der Waals surface area contributed by atoms with Crippen molar-refractivity contribution in [3.05, 3.63) is 45.7 Å². The van der Waals surface area contributed by atoms with Crippen LogP contribution in [0.1, 0.15) is 17.4 Å². The summed E-state index contributed by atoms with van der Waals surface area (Å²) >= 11 is 9.10. The number of ether oxygens (including phenoxy) is 1. The van der Waals surface area contributed by atoms with Crippen LogP contribution < -0.4 is 0 Å². The van der Waals surface area contributed by atoms with Crippen LogP contribution >= 0.6 is 27.5 Å². The summed E-state index contributed by atoms with van der Waals surface area (Å²) in [5.41, 5.74) is 1.07. The lowest BCUT2D eigenvalue weighted by Crippen LogP contribution is -2.07. The molecular weight excluding hydrogens is 320 g/mol. The summed E-state index contributed by atoms with van der Waals surface area (Å²) in [7, 11) is 0. The summed E-state index contributed by atoms with van der Waals surface area (Å²) in [6.07, 6.45) is 1.70. The highest BCUT2D eigenvalue weighted by Gasteiger charge is 2.16. The van der Waals surface area contributed by atoms with Crippen molar-refractivity contribution in [2.45, 2.75) is 6.92 Å². The molecule has 2 rings (SSSR count). The minimum absolute atomic E-state index is 0.256. The number of carbonyl (C=O) groups excluding carboxylic acids is 1. The van der Waals surface area contributed by atoms with E-state index in [1.807, 2.05) is 12.1 Å². The van der Waals surface area contributed by atoms with Gasteiger partial charge in [0.05, 0.1) is 16.8 Å². The van der Waals surface area contributed by atoms with Crippen molar-refractivity contribution in [2.24, 2.45) is 0 Å². The molecule has 94 valence electrons.